The average molecular weight is 456 g/mol. The molecule has 1 aliphatic rings. The first-order chi connectivity index (χ1) is 14.8. The molecule has 0 radical (unpaired) electrons. The number of H-pyrrole nitrogens is 1. The standard InChI is InChI=1S/C24H28N4O3.ClH/c1-15-7-8-19-18(13-15)22(23(25-19)24(30)31)26-21(29)14-27-9-11-28(12-10-27)20-6-4-5-16(2)17(20)3;/h4-8,13,25H,9-12,14H2,1-3H3,(H,26,29)(H,30,31);1H/p-1. The molecule has 0 atom stereocenters. The van der Waals surface area contributed by atoms with Gasteiger partial charge >= 0.3 is 5.97 Å². The van der Waals surface area contributed by atoms with Crippen molar-refractivity contribution in [3.05, 3.63) is 58.8 Å². The molecule has 1 aliphatic heterocycles. The van der Waals surface area contributed by atoms with Crippen LogP contribution in [0.3, 0.4) is 0 Å². The van der Waals surface area contributed by atoms with E-state index >= 15 is 0 Å². The molecule has 0 aliphatic carbocycles. The predicted octanol–water partition coefficient (Wildman–Crippen LogP) is 0.556. The highest BCUT2D eigenvalue weighted by Gasteiger charge is 2.23. The molecule has 1 amide bonds. The van der Waals surface area contributed by atoms with Gasteiger partial charge in [0.1, 0.15) is 5.69 Å². The highest BCUT2D eigenvalue weighted by atomic mass is 35.5. The van der Waals surface area contributed by atoms with Crippen LogP contribution in [0.2, 0.25) is 0 Å². The van der Waals surface area contributed by atoms with Gasteiger partial charge in [0.05, 0.1) is 12.2 Å². The third-order valence-electron chi connectivity index (χ3n) is 6.09. The van der Waals surface area contributed by atoms with Gasteiger partial charge in [0.15, 0.2) is 0 Å². The number of benzene rings is 2. The highest BCUT2D eigenvalue weighted by Crippen LogP contribution is 2.29. The Morgan fingerprint density at radius 2 is 1.78 bits per heavy atom. The summed E-state index contributed by atoms with van der Waals surface area (Å²) in [5, 5.41) is 13.1. The molecule has 2 aromatic carbocycles. The summed E-state index contributed by atoms with van der Waals surface area (Å²) >= 11 is 0. The number of hydrogen-bond acceptors (Lipinski definition) is 4. The normalized spacial score (nSPS) is 14.3. The van der Waals surface area contributed by atoms with Gasteiger partial charge in [-0.05, 0) is 50.1 Å². The number of hydrogen-bond donors (Lipinski definition) is 3. The molecule has 3 aromatic rings. The molecule has 0 bridgehead atoms. The number of aryl methyl sites for hydroxylation is 2. The fourth-order valence-corrected chi connectivity index (χ4v) is 4.20. The molecule has 1 aromatic heterocycles. The van der Waals surface area contributed by atoms with E-state index in [0.717, 1.165) is 31.7 Å². The first-order valence-corrected chi connectivity index (χ1v) is 10.5. The van der Waals surface area contributed by atoms with E-state index in [-0.39, 0.29) is 30.6 Å². The van der Waals surface area contributed by atoms with E-state index in [1.165, 1.54) is 16.8 Å². The van der Waals surface area contributed by atoms with E-state index < -0.39 is 5.97 Å². The maximum atomic E-state index is 12.8. The molecule has 1 saturated heterocycles. The summed E-state index contributed by atoms with van der Waals surface area (Å²) in [6, 6.07) is 12.0. The number of carbonyl (C=O) groups excluding carboxylic acids is 1. The number of aromatic carboxylic acids is 1. The van der Waals surface area contributed by atoms with Crippen LogP contribution in [0.5, 0.6) is 0 Å². The number of fused-ring (bicyclic) bond motifs is 1. The Kier molecular flexibility index (Phi) is 7.11. The van der Waals surface area contributed by atoms with Crippen LogP contribution in [0, 0.1) is 20.8 Å². The van der Waals surface area contributed by atoms with Crippen molar-refractivity contribution >= 4 is 34.2 Å². The van der Waals surface area contributed by atoms with Crippen LogP contribution in [-0.4, -0.2) is 59.6 Å². The van der Waals surface area contributed by atoms with Gasteiger partial charge in [-0.25, -0.2) is 4.79 Å². The zero-order chi connectivity index (χ0) is 22.1. The second kappa shape index (κ2) is 9.63. The van der Waals surface area contributed by atoms with Crippen molar-refractivity contribution in [1.82, 2.24) is 9.88 Å². The minimum absolute atomic E-state index is 0. The summed E-state index contributed by atoms with van der Waals surface area (Å²) < 4.78 is 0. The number of piperazine rings is 1. The SMILES string of the molecule is Cc1ccc2[nH]c(C(=O)O)c(NC(=O)CN3CCN(c4cccc(C)c4C)CC3)c2c1.[Cl-]. The lowest BCUT2D eigenvalue weighted by atomic mass is 10.1. The van der Waals surface area contributed by atoms with Crippen molar-refractivity contribution in [3.63, 3.8) is 0 Å². The van der Waals surface area contributed by atoms with Crippen LogP contribution in [-0.2, 0) is 4.79 Å². The third-order valence-corrected chi connectivity index (χ3v) is 6.09. The van der Waals surface area contributed by atoms with Crippen LogP contribution in [0.25, 0.3) is 10.9 Å². The molecule has 2 heterocycles. The Morgan fingerprint density at radius 1 is 1.06 bits per heavy atom. The maximum Gasteiger partial charge on any atom is 0.354 e. The number of aromatic nitrogens is 1. The largest absolute Gasteiger partial charge is 1.00 e. The third kappa shape index (κ3) is 4.74. The van der Waals surface area contributed by atoms with Gasteiger partial charge < -0.3 is 32.7 Å². The van der Waals surface area contributed by atoms with E-state index in [0.29, 0.717) is 16.6 Å². The molecule has 0 spiro atoms. The zero-order valence-electron chi connectivity index (χ0n) is 18.5. The lowest BCUT2D eigenvalue weighted by Crippen LogP contribution is -3.00. The fraction of sp³-hybridized carbons (Fsp3) is 0.333. The summed E-state index contributed by atoms with van der Waals surface area (Å²) in [6.45, 7) is 9.70. The fourth-order valence-electron chi connectivity index (χ4n) is 4.20. The predicted molar refractivity (Wildman–Crippen MR) is 123 cm³/mol. The number of amides is 1. The highest BCUT2D eigenvalue weighted by molar-refractivity contribution is 6.11. The van der Waals surface area contributed by atoms with Gasteiger partial charge in [0.25, 0.3) is 0 Å². The number of carboxylic acids is 1. The van der Waals surface area contributed by atoms with Crippen molar-refractivity contribution in [3.8, 4) is 0 Å². The van der Waals surface area contributed by atoms with Gasteiger partial charge in [0.2, 0.25) is 5.91 Å². The molecule has 3 N–H and O–H groups in total. The van der Waals surface area contributed by atoms with E-state index in [1.807, 2.05) is 25.1 Å². The number of carboxylic acid groups (broad SMARTS) is 1. The zero-order valence-corrected chi connectivity index (χ0v) is 19.3. The van der Waals surface area contributed by atoms with E-state index in [2.05, 4.69) is 52.1 Å². The van der Waals surface area contributed by atoms with Gasteiger partial charge in [-0.3, -0.25) is 9.69 Å². The van der Waals surface area contributed by atoms with Crippen molar-refractivity contribution < 1.29 is 27.1 Å². The number of carbonyl (C=O) groups is 2. The second-order valence-corrected chi connectivity index (χ2v) is 8.26. The Balaban J connectivity index is 0.00000289. The maximum absolute atomic E-state index is 12.8. The number of nitrogens with zero attached hydrogens (tertiary/aromatic N) is 2. The molecule has 170 valence electrons. The van der Waals surface area contributed by atoms with E-state index in [1.54, 1.807) is 0 Å². The van der Waals surface area contributed by atoms with Crippen LogP contribution in [0.15, 0.2) is 36.4 Å². The minimum atomic E-state index is -1.09. The van der Waals surface area contributed by atoms with Crippen LogP contribution < -0.4 is 22.6 Å². The lowest BCUT2D eigenvalue weighted by Gasteiger charge is -2.36. The summed E-state index contributed by atoms with van der Waals surface area (Å²) in [5.74, 6) is -1.30. The number of rotatable bonds is 5. The van der Waals surface area contributed by atoms with E-state index in [4.69, 9.17) is 0 Å². The van der Waals surface area contributed by atoms with Gasteiger partial charge in [-0.2, -0.15) is 0 Å². The molecule has 1 fully saturated rings. The second-order valence-electron chi connectivity index (χ2n) is 8.26. The number of anilines is 2. The first kappa shape index (κ1) is 23.6. The molecular weight excluding hydrogens is 428 g/mol. The number of nitrogens with one attached hydrogen (secondary N) is 2. The van der Waals surface area contributed by atoms with Crippen molar-refractivity contribution in [2.45, 2.75) is 20.8 Å². The van der Waals surface area contributed by atoms with Crippen LogP contribution in [0.1, 0.15) is 27.2 Å². The molecular formula is C24H28ClN4O3-. The summed E-state index contributed by atoms with van der Waals surface area (Å²) in [7, 11) is 0. The smallest absolute Gasteiger partial charge is 0.354 e. The Hall–Kier alpha value is -3.03. The molecule has 0 unspecified atom stereocenters. The van der Waals surface area contributed by atoms with Gasteiger partial charge in [0, 0.05) is 42.8 Å². The Labute approximate surface area is 193 Å². The molecule has 7 nitrogen and oxygen atoms in total. The van der Waals surface area contributed by atoms with Gasteiger partial charge in [-0.15, -0.1) is 0 Å². The average Bonchev–Trinajstić information content (AvgIpc) is 3.08. The summed E-state index contributed by atoms with van der Waals surface area (Å²) in [6.07, 6.45) is 0. The first-order valence-electron chi connectivity index (χ1n) is 10.5. The van der Waals surface area contributed by atoms with E-state index in [9.17, 15) is 14.7 Å². The summed E-state index contributed by atoms with van der Waals surface area (Å²) in [5.41, 5.74) is 5.87. The van der Waals surface area contributed by atoms with Gasteiger partial charge in [-0.1, -0.05) is 23.8 Å². The molecule has 4 rings (SSSR count). The quantitative estimate of drug-likeness (QED) is 0.523. The van der Waals surface area contributed by atoms with Crippen LogP contribution in [0.4, 0.5) is 11.4 Å². The number of aromatic amines is 1. The minimum Gasteiger partial charge on any atom is -1.00 e. The lowest BCUT2D eigenvalue weighted by molar-refractivity contribution is -0.117. The summed E-state index contributed by atoms with van der Waals surface area (Å²) in [4.78, 5) is 31.8. The van der Waals surface area contributed by atoms with Crippen molar-refractivity contribution in [2.24, 2.45) is 0 Å². The van der Waals surface area contributed by atoms with Crippen molar-refractivity contribution in [2.75, 3.05) is 42.9 Å². The number of halogens is 1. The van der Waals surface area contributed by atoms with Crippen molar-refractivity contribution in [1.29, 1.82) is 0 Å². The molecule has 0 saturated carbocycles. The Morgan fingerprint density at radius 3 is 2.47 bits per heavy atom. The molecule has 32 heavy (non-hydrogen) atoms. The topological polar surface area (TPSA) is 88.7 Å². The van der Waals surface area contributed by atoms with Crippen LogP contribution >= 0.6 is 0 Å². The Bertz CT molecular complexity index is 1150. The molecule has 8 heteroatoms. The monoisotopic (exact) mass is 455 g/mol.